The number of nitrogens with one attached hydrogen (secondary N) is 1. The highest BCUT2D eigenvalue weighted by Crippen LogP contribution is 2.18. The predicted molar refractivity (Wildman–Crippen MR) is 71.9 cm³/mol. The summed E-state index contributed by atoms with van der Waals surface area (Å²) in [7, 11) is -3.10. The Labute approximate surface area is 104 Å². The van der Waals surface area contributed by atoms with Gasteiger partial charge in [0, 0.05) is 25.3 Å². The monoisotopic (exact) mass is 256 g/mol. The van der Waals surface area contributed by atoms with Crippen LogP contribution in [0.5, 0.6) is 0 Å². The lowest BCUT2D eigenvalue weighted by molar-refractivity contribution is 0.587. The van der Waals surface area contributed by atoms with Gasteiger partial charge in [0.2, 0.25) is 10.0 Å². The van der Waals surface area contributed by atoms with Crippen molar-refractivity contribution in [2.75, 3.05) is 30.8 Å². The number of hydrogen-bond acceptors (Lipinski definition) is 3. The van der Waals surface area contributed by atoms with E-state index in [9.17, 15) is 8.42 Å². The maximum absolute atomic E-state index is 11.0. The maximum Gasteiger partial charge on any atom is 0.208 e. The zero-order valence-electron chi connectivity index (χ0n) is 10.6. The molecule has 0 saturated heterocycles. The molecular formula is C12H20N2O2S. The molecule has 0 heterocycles. The number of hydrogen-bond donors (Lipinski definition) is 1. The molecule has 1 N–H and O–H groups in total. The summed E-state index contributed by atoms with van der Waals surface area (Å²) in [5.74, 6) is 0. The second kappa shape index (κ2) is 6.02. The molecule has 0 amide bonds. The molecule has 0 spiro atoms. The molecule has 1 aromatic rings. The zero-order valence-corrected chi connectivity index (χ0v) is 11.4. The van der Waals surface area contributed by atoms with Crippen LogP contribution in [0.3, 0.4) is 0 Å². The Bertz CT molecular complexity index is 457. The van der Waals surface area contributed by atoms with Crippen LogP contribution in [0.2, 0.25) is 0 Å². The van der Waals surface area contributed by atoms with Gasteiger partial charge in [0.15, 0.2) is 0 Å². The third-order valence-electron chi connectivity index (χ3n) is 2.58. The second-order valence-corrected chi connectivity index (χ2v) is 5.87. The Hall–Kier alpha value is -1.07. The molecule has 4 nitrogen and oxygen atoms in total. The Balaban J connectivity index is 2.64. The van der Waals surface area contributed by atoms with Crippen LogP contribution in [0.25, 0.3) is 0 Å². The van der Waals surface area contributed by atoms with Crippen molar-refractivity contribution in [1.29, 1.82) is 0 Å². The first kappa shape index (κ1) is 14.0. The summed E-state index contributed by atoms with van der Waals surface area (Å²) in [4.78, 5) is 2.16. The Morgan fingerprint density at radius 2 is 1.94 bits per heavy atom. The molecule has 0 aromatic heterocycles. The lowest BCUT2D eigenvalue weighted by Gasteiger charge is -2.24. The molecule has 1 aromatic carbocycles. The topological polar surface area (TPSA) is 49.4 Å². The normalized spacial score (nSPS) is 11.5. The van der Waals surface area contributed by atoms with Gasteiger partial charge in [-0.2, -0.15) is 0 Å². The van der Waals surface area contributed by atoms with Gasteiger partial charge in [-0.1, -0.05) is 18.2 Å². The minimum Gasteiger partial charge on any atom is -0.370 e. The molecule has 0 radical (unpaired) electrons. The van der Waals surface area contributed by atoms with Crippen LogP contribution in [0, 0.1) is 6.92 Å². The molecule has 17 heavy (non-hydrogen) atoms. The smallest absolute Gasteiger partial charge is 0.208 e. The number of para-hydroxylation sites is 1. The van der Waals surface area contributed by atoms with E-state index >= 15 is 0 Å². The molecule has 0 unspecified atom stereocenters. The van der Waals surface area contributed by atoms with Crippen molar-refractivity contribution < 1.29 is 8.42 Å². The Morgan fingerprint density at radius 3 is 2.47 bits per heavy atom. The van der Waals surface area contributed by atoms with Gasteiger partial charge in [-0.15, -0.1) is 0 Å². The van der Waals surface area contributed by atoms with Crippen LogP contribution >= 0.6 is 0 Å². The summed E-state index contributed by atoms with van der Waals surface area (Å²) >= 11 is 0. The molecule has 0 aliphatic rings. The van der Waals surface area contributed by atoms with Gasteiger partial charge in [-0.25, -0.2) is 13.1 Å². The van der Waals surface area contributed by atoms with Crippen molar-refractivity contribution in [2.45, 2.75) is 13.8 Å². The van der Waals surface area contributed by atoms with E-state index in [4.69, 9.17) is 0 Å². The standard InChI is InChI=1S/C12H20N2O2S/c1-4-14(10-9-13-17(3,15)16)12-8-6-5-7-11(12)2/h5-8,13H,4,9-10H2,1-3H3. The fourth-order valence-electron chi connectivity index (χ4n) is 1.73. The summed E-state index contributed by atoms with van der Waals surface area (Å²) in [6.07, 6.45) is 1.18. The summed E-state index contributed by atoms with van der Waals surface area (Å²) in [5.41, 5.74) is 2.36. The first-order valence-electron chi connectivity index (χ1n) is 5.69. The fourth-order valence-corrected chi connectivity index (χ4v) is 2.20. The van der Waals surface area contributed by atoms with Gasteiger partial charge < -0.3 is 4.90 Å². The molecule has 0 saturated carbocycles. The number of likely N-dealkylation sites (N-methyl/N-ethyl adjacent to an activating group) is 1. The number of rotatable bonds is 6. The first-order valence-corrected chi connectivity index (χ1v) is 7.58. The van der Waals surface area contributed by atoms with Crippen molar-refractivity contribution in [3.05, 3.63) is 29.8 Å². The van der Waals surface area contributed by atoms with E-state index in [0.717, 1.165) is 12.2 Å². The SMILES string of the molecule is CCN(CCNS(C)(=O)=O)c1ccccc1C. The molecule has 0 bridgehead atoms. The van der Waals surface area contributed by atoms with Gasteiger partial charge >= 0.3 is 0 Å². The summed E-state index contributed by atoms with van der Waals surface area (Å²) in [5, 5.41) is 0. The lowest BCUT2D eigenvalue weighted by Crippen LogP contribution is -2.34. The largest absolute Gasteiger partial charge is 0.370 e. The van der Waals surface area contributed by atoms with Crippen LogP contribution < -0.4 is 9.62 Å². The van der Waals surface area contributed by atoms with Crippen molar-refractivity contribution >= 4 is 15.7 Å². The number of sulfonamides is 1. The van der Waals surface area contributed by atoms with Gasteiger partial charge in [0.1, 0.15) is 0 Å². The minimum atomic E-state index is -3.10. The van der Waals surface area contributed by atoms with Gasteiger partial charge in [-0.3, -0.25) is 0 Å². The third kappa shape index (κ3) is 4.75. The van der Waals surface area contributed by atoms with E-state index in [0.29, 0.717) is 13.1 Å². The molecule has 5 heteroatoms. The number of aryl methyl sites for hydroxylation is 1. The number of nitrogens with zero attached hydrogens (tertiary/aromatic N) is 1. The van der Waals surface area contributed by atoms with Crippen LogP contribution in [-0.4, -0.2) is 34.3 Å². The van der Waals surface area contributed by atoms with Gasteiger partial charge in [-0.05, 0) is 25.5 Å². The first-order chi connectivity index (χ1) is 7.94. The van der Waals surface area contributed by atoms with Crippen molar-refractivity contribution in [1.82, 2.24) is 4.72 Å². The Kier molecular flexibility index (Phi) is 4.96. The zero-order chi connectivity index (χ0) is 12.9. The average Bonchev–Trinajstić information content (AvgIpc) is 2.24. The van der Waals surface area contributed by atoms with E-state index in [1.807, 2.05) is 12.1 Å². The molecule has 1 rings (SSSR count). The summed E-state index contributed by atoms with van der Waals surface area (Å²) in [6.45, 7) is 6.08. The predicted octanol–water partition coefficient (Wildman–Crippen LogP) is 1.37. The second-order valence-electron chi connectivity index (χ2n) is 4.03. The van der Waals surface area contributed by atoms with Crippen LogP contribution in [0.4, 0.5) is 5.69 Å². The van der Waals surface area contributed by atoms with Crippen molar-refractivity contribution in [2.24, 2.45) is 0 Å². The van der Waals surface area contributed by atoms with E-state index in [2.05, 4.69) is 35.6 Å². The van der Waals surface area contributed by atoms with E-state index in [1.165, 1.54) is 11.8 Å². The fraction of sp³-hybridized carbons (Fsp3) is 0.500. The molecular weight excluding hydrogens is 236 g/mol. The highest BCUT2D eigenvalue weighted by atomic mass is 32.2. The minimum absolute atomic E-state index is 0.432. The summed E-state index contributed by atoms with van der Waals surface area (Å²) < 4.78 is 24.5. The summed E-state index contributed by atoms with van der Waals surface area (Å²) in [6, 6.07) is 8.11. The maximum atomic E-state index is 11.0. The van der Waals surface area contributed by atoms with Crippen LogP contribution in [0.15, 0.2) is 24.3 Å². The van der Waals surface area contributed by atoms with E-state index in [1.54, 1.807) is 0 Å². The Morgan fingerprint density at radius 1 is 1.29 bits per heavy atom. The van der Waals surface area contributed by atoms with Crippen LogP contribution in [0.1, 0.15) is 12.5 Å². The van der Waals surface area contributed by atoms with Gasteiger partial charge in [0.05, 0.1) is 6.26 Å². The number of benzene rings is 1. The van der Waals surface area contributed by atoms with Crippen molar-refractivity contribution in [3.8, 4) is 0 Å². The van der Waals surface area contributed by atoms with Gasteiger partial charge in [0.25, 0.3) is 0 Å². The average molecular weight is 256 g/mol. The molecule has 0 atom stereocenters. The molecule has 0 aliphatic carbocycles. The third-order valence-corrected chi connectivity index (χ3v) is 3.31. The van der Waals surface area contributed by atoms with Crippen molar-refractivity contribution in [3.63, 3.8) is 0 Å². The number of anilines is 1. The van der Waals surface area contributed by atoms with E-state index < -0.39 is 10.0 Å². The lowest BCUT2D eigenvalue weighted by atomic mass is 10.2. The highest BCUT2D eigenvalue weighted by Gasteiger charge is 2.07. The molecule has 96 valence electrons. The molecule has 0 fully saturated rings. The highest BCUT2D eigenvalue weighted by molar-refractivity contribution is 7.88. The van der Waals surface area contributed by atoms with E-state index in [-0.39, 0.29) is 0 Å². The molecule has 0 aliphatic heterocycles. The quantitative estimate of drug-likeness (QED) is 0.836. The van der Waals surface area contributed by atoms with Crippen LogP contribution in [-0.2, 0) is 10.0 Å².